The van der Waals surface area contributed by atoms with E-state index in [4.69, 9.17) is 25.8 Å². The first-order valence-corrected chi connectivity index (χ1v) is 13.4. The average Bonchev–Trinajstić information content (AvgIpc) is 3.25. The quantitative estimate of drug-likeness (QED) is 0.574. The number of benzene rings is 2. The van der Waals surface area contributed by atoms with Gasteiger partial charge in [-0.3, -0.25) is 0 Å². The molecule has 0 bridgehead atoms. The zero-order valence-corrected chi connectivity index (χ0v) is 22.6. The number of methoxy groups -OCH3 is 2. The van der Waals surface area contributed by atoms with E-state index in [2.05, 4.69) is 39.6 Å². The molecule has 0 radical (unpaired) electrons. The summed E-state index contributed by atoms with van der Waals surface area (Å²) in [4.78, 5) is 17.6. The van der Waals surface area contributed by atoms with Crippen molar-refractivity contribution in [3.8, 4) is 11.5 Å². The van der Waals surface area contributed by atoms with E-state index in [0.717, 1.165) is 62.5 Å². The third-order valence-electron chi connectivity index (χ3n) is 8.38. The summed E-state index contributed by atoms with van der Waals surface area (Å²) >= 11 is 6.55. The van der Waals surface area contributed by atoms with Gasteiger partial charge in [0.05, 0.1) is 38.1 Å². The van der Waals surface area contributed by atoms with Crippen molar-refractivity contribution in [2.75, 3.05) is 64.3 Å². The van der Waals surface area contributed by atoms with Crippen molar-refractivity contribution >= 4 is 29.0 Å². The Balaban J connectivity index is 1.24. The molecule has 2 aromatic carbocycles. The van der Waals surface area contributed by atoms with Crippen LogP contribution in [0.2, 0.25) is 5.02 Å². The molecule has 1 saturated carbocycles. The second-order valence-corrected chi connectivity index (χ2v) is 10.7. The van der Waals surface area contributed by atoms with E-state index < -0.39 is 0 Å². The van der Waals surface area contributed by atoms with Crippen molar-refractivity contribution in [1.82, 2.24) is 10.2 Å². The standard InChI is InChI=1S/C28H37ClN4O4/c1-32-11-10-28(19-4-7-24(35-2)25(16-19)36-3)9-8-21(18-26(28)32)31-27(34)30-20-5-6-23(22(29)17-20)33-12-14-37-15-13-33/h4-7,16-17,21,26H,8-15,18H2,1-3H3,(H2,30,31,34). The maximum atomic E-state index is 12.9. The van der Waals surface area contributed by atoms with Crippen LogP contribution in [-0.2, 0) is 10.2 Å². The van der Waals surface area contributed by atoms with E-state index in [1.807, 2.05) is 24.3 Å². The third kappa shape index (κ3) is 5.19. The number of nitrogens with one attached hydrogen (secondary N) is 2. The molecular formula is C28H37ClN4O4. The summed E-state index contributed by atoms with van der Waals surface area (Å²) < 4.78 is 16.5. The van der Waals surface area contributed by atoms with Crippen molar-refractivity contribution in [1.29, 1.82) is 0 Å². The SMILES string of the molecule is COc1ccc(C23CCC(NC(=O)Nc4ccc(N5CCOCC5)c(Cl)c4)CC2N(C)CC3)cc1OC. The number of likely N-dealkylation sites (N-methyl/N-ethyl adjacent to an activating group) is 1. The number of hydrogen-bond donors (Lipinski definition) is 2. The zero-order valence-electron chi connectivity index (χ0n) is 21.9. The smallest absolute Gasteiger partial charge is 0.319 e. The van der Waals surface area contributed by atoms with Gasteiger partial charge in [0, 0.05) is 36.3 Å². The normalized spacial score (nSPS) is 25.9. The number of carbonyl (C=O) groups excluding carboxylic acids is 1. The molecule has 0 spiro atoms. The molecule has 1 aliphatic carbocycles. The van der Waals surface area contributed by atoms with E-state index in [1.54, 1.807) is 14.2 Å². The summed E-state index contributed by atoms with van der Waals surface area (Å²) in [6.07, 6.45) is 3.91. The van der Waals surface area contributed by atoms with Gasteiger partial charge in [0.25, 0.3) is 0 Å². The highest BCUT2D eigenvalue weighted by molar-refractivity contribution is 6.33. The molecular weight excluding hydrogens is 492 g/mol. The molecule has 2 aromatic rings. The molecule has 2 N–H and O–H groups in total. The minimum Gasteiger partial charge on any atom is -0.493 e. The number of hydrogen-bond acceptors (Lipinski definition) is 6. The van der Waals surface area contributed by atoms with Crippen LogP contribution in [0.25, 0.3) is 0 Å². The Morgan fingerprint density at radius 2 is 1.84 bits per heavy atom. The summed E-state index contributed by atoms with van der Waals surface area (Å²) in [7, 11) is 5.53. The molecule has 5 rings (SSSR count). The summed E-state index contributed by atoms with van der Waals surface area (Å²) in [5.74, 6) is 1.51. The Hall–Kier alpha value is -2.68. The van der Waals surface area contributed by atoms with Crippen molar-refractivity contribution in [2.45, 2.75) is 43.2 Å². The molecule has 2 heterocycles. The van der Waals surface area contributed by atoms with Crippen LogP contribution in [-0.4, -0.2) is 77.1 Å². The molecule has 3 aliphatic rings. The van der Waals surface area contributed by atoms with E-state index in [9.17, 15) is 4.79 Å². The molecule has 2 saturated heterocycles. The van der Waals surface area contributed by atoms with Crippen LogP contribution < -0.4 is 25.0 Å². The van der Waals surface area contributed by atoms with E-state index in [0.29, 0.717) is 30.0 Å². The Labute approximate surface area is 224 Å². The second-order valence-electron chi connectivity index (χ2n) is 10.3. The third-order valence-corrected chi connectivity index (χ3v) is 8.68. The molecule has 200 valence electrons. The fourth-order valence-corrected chi connectivity index (χ4v) is 6.69. The number of amides is 2. The summed E-state index contributed by atoms with van der Waals surface area (Å²) in [6, 6.07) is 12.3. The number of likely N-dealkylation sites (tertiary alicyclic amines) is 1. The lowest BCUT2D eigenvalue weighted by atomic mass is 9.65. The van der Waals surface area contributed by atoms with Crippen LogP contribution in [0.5, 0.6) is 11.5 Å². The molecule has 9 heteroatoms. The van der Waals surface area contributed by atoms with Gasteiger partial charge in [0.1, 0.15) is 0 Å². The number of carbonyl (C=O) groups is 1. The topological polar surface area (TPSA) is 75.3 Å². The van der Waals surface area contributed by atoms with Gasteiger partial charge in [-0.1, -0.05) is 17.7 Å². The molecule has 2 aliphatic heterocycles. The maximum absolute atomic E-state index is 12.9. The fourth-order valence-electron chi connectivity index (χ4n) is 6.39. The molecule has 3 unspecified atom stereocenters. The second kappa shape index (κ2) is 11.0. The van der Waals surface area contributed by atoms with Gasteiger partial charge in [0.15, 0.2) is 11.5 Å². The van der Waals surface area contributed by atoms with Gasteiger partial charge in [-0.25, -0.2) is 4.79 Å². The van der Waals surface area contributed by atoms with Crippen LogP contribution in [0, 0.1) is 0 Å². The van der Waals surface area contributed by atoms with Crippen molar-refractivity contribution in [3.05, 3.63) is 47.0 Å². The van der Waals surface area contributed by atoms with E-state index >= 15 is 0 Å². The highest BCUT2D eigenvalue weighted by Gasteiger charge is 2.50. The molecule has 3 fully saturated rings. The first kappa shape index (κ1) is 25.9. The van der Waals surface area contributed by atoms with Crippen LogP contribution in [0.1, 0.15) is 31.2 Å². The van der Waals surface area contributed by atoms with E-state index in [-0.39, 0.29) is 17.5 Å². The average molecular weight is 529 g/mol. The van der Waals surface area contributed by atoms with Gasteiger partial charge < -0.3 is 34.6 Å². The number of morpholine rings is 1. The molecule has 2 amide bonds. The minimum absolute atomic E-state index is 0.0474. The molecule has 8 nitrogen and oxygen atoms in total. The maximum Gasteiger partial charge on any atom is 0.319 e. The number of rotatable bonds is 6. The van der Waals surface area contributed by atoms with Crippen molar-refractivity contribution in [3.63, 3.8) is 0 Å². The van der Waals surface area contributed by atoms with Crippen LogP contribution in [0.3, 0.4) is 0 Å². The van der Waals surface area contributed by atoms with E-state index in [1.165, 1.54) is 5.56 Å². The van der Waals surface area contributed by atoms with Crippen LogP contribution in [0.4, 0.5) is 16.2 Å². The molecule has 0 aromatic heterocycles. The number of urea groups is 1. The Morgan fingerprint density at radius 1 is 1.05 bits per heavy atom. The highest BCUT2D eigenvalue weighted by atomic mass is 35.5. The fraction of sp³-hybridized carbons (Fsp3) is 0.536. The number of fused-ring (bicyclic) bond motifs is 1. The largest absolute Gasteiger partial charge is 0.493 e. The number of halogens is 1. The summed E-state index contributed by atoms with van der Waals surface area (Å²) in [6.45, 7) is 4.06. The minimum atomic E-state index is -0.195. The van der Waals surface area contributed by atoms with Gasteiger partial charge in [-0.05, 0) is 75.2 Å². The Morgan fingerprint density at radius 3 is 2.57 bits per heavy atom. The van der Waals surface area contributed by atoms with Crippen LogP contribution in [0.15, 0.2) is 36.4 Å². The lowest BCUT2D eigenvalue weighted by Crippen LogP contribution is -2.52. The molecule has 37 heavy (non-hydrogen) atoms. The first-order valence-electron chi connectivity index (χ1n) is 13.1. The van der Waals surface area contributed by atoms with Gasteiger partial charge in [-0.15, -0.1) is 0 Å². The van der Waals surface area contributed by atoms with Gasteiger partial charge in [-0.2, -0.15) is 0 Å². The van der Waals surface area contributed by atoms with Gasteiger partial charge >= 0.3 is 6.03 Å². The first-order chi connectivity index (χ1) is 17.9. The highest BCUT2D eigenvalue weighted by Crippen LogP contribution is 2.49. The van der Waals surface area contributed by atoms with Crippen LogP contribution >= 0.6 is 11.6 Å². The van der Waals surface area contributed by atoms with Gasteiger partial charge in [0.2, 0.25) is 0 Å². The molecule has 3 atom stereocenters. The Bertz CT molecular complexity index is 1130. The van der Waals surface area contributed by atoms with Crippen molar-refractivity contribution < 1.29 is 19.0 Å². The predicted octanol–water partition coefficient (Wildman–Crippen LogP) is 4.51. The Kier molecular flexibility index (Phi) is 7.70. The zero-order chi connectivity index (χ0) is 26.0. The van der Waals surface area contributed by atoms with Crippen molar-refractivity contribution in [2.24, 2.45) is 0 Å². The lowest BCUT2D eigenvalue weighted by molar-refractivity contribution is 0.122. The monoisotopic (exact) mass is 528 g/mol. The number of anilines is 2. The predicted molar refractivity (Wildman–Crippen MR) is 147 cm³/mol. The lowest BCUT2D eigenvalue weighted by Gasteiger charge is -2.45. The number of ether oxygens (including phenoxy) is 3. The summed E-state index contributed by atoms with van der Waals surface area (Å²) in [5, 5.41) is 6.82. The number of nitrogens with zero attached hydrogens (tertiary/aromatic N) is 2. The summed E-state index contributed by atoms with van der Waals surface area (Å²) in [5.41, 5.74) is 3.00.